The van der Waals surface area contributed by atoms with Crippen molar-refractivity contribution >= 4 is 33.8 Å². The highest BCUT2D eigenvalue weighted by molar-refractivity contribution is 5.93. The quantitative estimate of drug-likeness (QED) is 0.442. The molecule has 0 spiro atoms. The SMILES string of the molecule is Nc1nc2cc3nc(NCc4ccc5c(c4)OCO5)[nH]c3cc2c(=O)[nH]1. The van der Waals surface area contributed by atoms with Crippen LogP contribution in [0.3, 0.4) is 0 Å². The molecule has 0 atom stereocenters. The number of fused-ring (bicyclic) bond motifs is 3. The zero-order valence-electron chi connectivity index (χ0n) is 13.5. The Morgan fingerprint density at radius 1 is 1.08 bits per heavy atom. The minimum Gasteiger partial charge on any atom is -0.454 e. The summed E-state index contributed by atoms with van der Waals surface area (Å²) in [5.74, 6) is 2.17. The minimum atomic E-state index is -0.279. The first-order chi connectivity index (χ1) is 12.7. The van der Waals surface area contributed by atoms with Gasteiger partial charge in [0.15, 0.2) is 11.5 Å². The molecular formula is C17H14N6O3. The third-order valence-electron chi connectivity index (χ3n) is 4.22. The van der Waals surface area contributed by atoms with Gasteiger partial charge in [0.2, 0.25) is 18.7 Å². The van der Waals surface area contributed by atoms with E-state index in [2.05, 4.69) is 25.3 Å². The van der Waals surface area contributed by atoms with Gasteiger partial charge in [0, 0.05) is 6.54 Å². The van der Waals surface area contributed by atoms with Crippen molar-refractivity contribution in [3.8, 4) is 11.5 Å². The second kappa shape index (κ2) is 5.38. The molecule has 2 aromatic carbocycles. The maximum Gasteiger partial charge on any atom is 0.260 e. The number of aromatic amines is 2. The zero-order valence-corrected chi connectivity index (χ0v) is 13.5. The summed E-state index contributed by atoms with van der Waals surface area (Å²) in [5.41, 5.74) is 8.30. The molecule has 1 aliphatic heterocycles. The Hall–Kier alpha value is -3.75. The van der Waals surface area contributed by atoms with Crippen LogP contribution in [-0.4, -0.2) is 26.7 Å². The summed E-state index contributed by atoms with van der Waals surface area (Å²) in [6.07, 6.45) is 0. The maximum absolute atomic E-state index is 12.0. The first-order valence-corrected chi connectivity index (χ1v) is 7.97. The van der Waals surface area contributed by atoms with E-state index in [9.17, 15) is 4.79 Å². The van der Waals surface area contributed by atoms with Gasteiger partial charge in [-0.05, 0) is 29.8 Å². The lowest BCUT2D eigenvalue weighted by molar-refractivity contribution is 0.174. The number of nitrogens with two attached hydrogens (primary N) is 1. The Kier molecular flexibility index (Phi) is 3.02. The highest BCUT2D eigenvalue weighted by Gasteiger charge is 2.13. The van der Waals surface area contributed by atoms with E-state index in [0.29, 0.717) is 28.9 Å². The number of H-pyrrole nitrogens is 2. The van der Waals surface area contributed by atoms with Crippen LogP contribution in [0.4, 0.5) is 11.9 Å². The van der Waals surface area contributed by atoms with Crippen molar-refractivity contribution in [3.05, 3.63) is 46.2 Å². The number of imidazole rings is 1. The summed E-state index contributed by atoms with van der Waals surface area (Å²) in [6, 6.07) is 9.22. The number of benzene rings is 2. The van der Waals surface area contributed by atoms with Crippen LogP contribution < -0.4 is 26.1 Å². The van der Waals surface area contributed by atoms with Gasteiger partial charge in [-0.15, -0.1) is 0 Å². The predicted molar refractivity (Wildman–Crippen MR) is 96.3 cm³/mol. The standard InChI is InChI=1S/C17H14N6O3/c18-16-20-10-5-12-11(4-9(10)15(24)23-16)21-17(22-12)19-6-8-1-2-13-14(3-8)26-7-25-13/h1-5H,6-7H2,(H2,19,21,22)(H3,18,20,23,24). The Morgan fingerprint density at radius 3 is 2.88 bits per heavy atom. The van der Waals surface area contributed by atoms with Gasteiger partial charge in [-0.1, -0.05) is 6.07 Å². The first kappa shape index (κ1) is 14.6. The Morgan fingerprint density at radius 2 is 1.96 bits per heavy atom. The predicted octanol–water partition coefficient (Wildman–Crippen LogP) is 1.72. The third-order valence-corrected chi connectivity index (χ3v) is 4.22. The van der Waals surface area contributed by atoms with Crippen molar-refractivity contribution in [2.24, 2.45) is 0 Å². The summed E-state index contributed by atoms with van der Waals surface area (Å²) in [4.78, 5) is 26.3. The molecule has 9 heteroatoms. The smallest absolute Gasteiger partial charge is 0.260 e. The molecule has 0 radical (unpaired) electrons. The summed E-state index contributed by atoms with van der Waals surface area (Å²) < 4.78 is 10.7. The number of ether oxygens (including phenoxy) is 2. The van der Waals surface area contributed by atoms with Crippen molar-refractivity contribution in [2.75, 3.05) is 17.8 Å². The molecule has 5 N–H and O–H groups in total. The Balaban J connectivity index is 1.45. The summed E-state index contributed by atoms with van der Waals surface area (Å²) in [5, 5.41) is 3.68. The summed E-state index contributed by atoms with van der Waals surface area (Å²) in [6.45, 7) is 0.808. The average molecular weight is 350 g/mol. The molecule has 0 saturated heterocycles. The topological polar surface area (TPSA) is 131 Å². The van der Waals surface area contributed by atoms with Crippen LogP contribution in [0.5, 0.6) is 11.5 Å². The molecule has 130 valence electrons. The third kappa shape index (κ3) is 2.37. The molecule has 0 amide bonds. The molecule has 9 nitrogen and oxygen atoms in total. The van der Waals surface area contributed by atoms with Crippen molar-refractivity contribution in [1.29, 1.82) is 0 Å². The van der Waals surface area contributed by atoms with E-state index in [-0.39, 0.29) is 18.3 Å². The fourth-order valence-electron chi connectivity index (χ4n) is 2.98. The van der Waals surface area contributed by atoms with Crippen molar-refractivity contribution in [3.63, 3.8) is 0 Å². The van der Waals surface area contributed by atoms with E-state index in [1.54, 1.807) is 12.1 Å². The molecule has 0 bridgehead atoms. The fourth-order valence-corrected chi connectivity index (χ4v) is 2.98. The number of anilines is 2. The van der Waals surface area contributed by atoms with Crippen LogP contribution in [0.15, 0.2) is 35.1 Å². The molecule has 0 fully saturated rings. The molecule has 0 unspecified atom stereocenters. The van der Waals surface area contributed by atoms with Crippen molar-refractivity contribution < 1.29 is 9.47 Å². The number of rotatable bonds is 3. The van der Waals surface area contributed by atoms with E-state index in [4.69, 9.17) is 15.2 Å². The Labute approximate surface area is 146 Å². The van der Waals surface area contributed by atoms with Gasteiger partial charge < -0.3 is 25.5 Å². The molecule has 26 heavy (non-hydrogen) atoms. The molecule has 1 aliphatic rings. The van der Waals surface area contributed by atoms with Crippen LogP contribution >= 0.6 is 0 Å². The van der Waals surface area contributed by atoms with Crippen LogP contribution in [0.1, 0.15) is 5.56 Å². The highest BCUT2D eigenvalue weighted by Crippen LogP contribution is 2.32. The summed E-state index contributed by atoms with van der Waals surface area (Å²) >= 11 is 0. The number of hydrogen-bond acceptors (Lipinski definition) is 7. The first-order valence-electron chi connectivity index (χ1n) is 7.97. The molecule has 3 heterocycles. The van der Waals surface area contributed by atoms with Gasteiger partial charge >= 0.3 is 0 Å². The zero-order chi connectivity index (χ0) is 17.7. The number of nitrogens with zero attached hydrogens (tertiary/aromatic N) is 2. The minimum absolute atomic E-state index is 0.0820. The number of hydrogen-bond donors (Lipinski definition) is 4. The molecule has 0 aliphatic carbocycles. The molecular weight excluding hydrogens is 336 g/mol. The van der Waals surface area contributed by atoms with Gasteiger partial charge in [-0.25, -0.2) is 9.97 Å². The van der Waals surface area contributed by atoms with Gasteiger partial charge in [0.05, 0.1) is 21.9 Å². The van der Waals surface area contributed by atoms with Gasteiger partial charge in [0.25, 0.3) is 5.56 Å². The van der Waals surface area contributed by atoms with E-state index in [1.165, 1.54) is 0 Å². The fraction of sp³-hybridized carbons (Fsp3) is 0.118. The highest BCUT2D eigenvalue weighted by atomic mass is 16.7. The monoisotopic (exact) mass is 350 g/mol. The van der Waals surface area contributed by atoms with Crippen molar-refractivity contribution in [2.45, 2.75) is 6.54 Å². The van der Waals surface area contributed by atoms with Crippen molar-refractivity contribution in [1.82, 2.24) is 19.9 Å². The second-order valence-corrected chi connectivity index (χ2v) is 5.96. The largest absolute Gasteiger partial charge is 0.454 e. The van der Waals surface area contributed by atoms with Gasteiger partial charge in [-0.2, -0.15) is 0 Å². The van der Waals surface area contributed by atoms with Gasteiger partial charge in [-0.3, -0.25) is 9.78 Å². The lowest BCUT2D eigenvalue weighted by atomic mass is 10.2. The van der Waals surface area contributed by atoms with E-state index < -0.39 is 0 Å². The summed E-state index contributed by atoms with van der Waals surface area (Å²) in [7, 11) is 0. The lowest BCUT2D eigenvalue weighted by Gasteiger charge is -2.04. The maximum atomic E-state index is 12.0. The number of nitrogen functional groups attached to an aromatic ring is 1. The van der Waals surface area contributed by atoms with Crippen LogP contribution in [0.25, 0.3) is 21.9 Å². The molecule has 0 saturated carbocycles. The molecule has 5 rings (SSSR count). The molecule has 4 aromatic rings. The van der Waals surface area contributed by atoms with E-state index >= 15 is 0 Å². The van der Waals surface area contributed by atoms with Gasteiger partial charge in [0.1, 0.15) is 0 Å². The number of aromatic nitrogens is 4. The average Bonchev–Trinajstić information content (AvgIpc) is 3.23. The lowest BCUT2D eigenvalue weighted by Crippen LogP contribution is -2.10. The normalized spacial score (nSPS) is 12.8. The molecule has 2 aromatic heterocycles. The van der Waals surface area contributed by atoms with Crippen LogP contribution in [-0.2, 0) is 6.54 Å². The van der Waals surface area contributed by atoms with E-state index in [1.807, 2.05) is 18.2 Å². The number of nitrogens with one attached hydrogen (secondary N) is 3. The Bertz CT molecular complexity index is 1210. The van der Waals surface area contributed by atoms with E-state index in [0.717, 1.165) is 22.6 Å². The van der Waals surface area contributed by atoms with Crippen LogP contribution in [0.2, 0.25) is 0 Å². The second-order valence-electron chi connectivity index (χ2n) is 5.96. The van der Waals surface area contributed by atoms with Crippen LogP contribution in [0, 0.1) is 0 Å².